The van der Waals surface area contributed by atoms with Gasteiger partial charge >= 0.3 is 5.97 Å². The van der Waals surface area contributed by atoms with Gasteiger partial charge in [-0.25, -0.2) is 9.79 Å². The van der Waals surface area contributed by atoms with Gasteiger partial charge in [0.25, 0.3) is 0 Å². The SMILES string of the molecule is COc1ccc(/C=C/C2=NCC(=O)O2)cc1. The van der Waals surface area contributed by atoms with Gasteiger partial charge in [0.2, 0.25) is 5.90 Å². The molecular formula is C12H11NO3. The molecule has 0 atom stereocenters. The van der Waals surface area contributed by atoms with Crippen LogP contribution in [0.15, 0.2) is 35.3 Å². The van der Waals surface area contributed by atoms with Gasteiger partial charge in [-0.15, -0.1) is 0 Å². The second-order valence-electron chi connectivity index (χ2n) is 3.24. The zero-order chi connectivity index (χ0) is 11.4. The Hall–Kier alpha value is -2.10. The lowest BCUT2D eigenvalue weighted by molar-refractivity contribution is -0.132. The summed E-state index contributed by atoms with van der Waals surface area (Å²) in [7, 11) is 1.62. The number of methoxy groups -OCH3 is 1. The lowest BCUT2D eigenvalue weighted by atomic mass is 10.2. The molecule has 0 saturated heterocycles. The molecule has 0 N–H and O–H groups in total. The summed E-state index contributed by atoms with van der Waals surface area (Å²) in [6.07, 6.45) is 3.50. The first-order valence-corrected chi connectivity index (χ1v) is 4.85. The van der Waals surface area contributed by atoms with Gasteiger partial charge in [0.15, 0.2) is 0 Å². The van der Waals surface area contributed by atoms with Gasteiger partial charge in [-0.1, -0.05) is 12.1 Å². The Morgan fingerprint density at radius 3 is 2.62 bits per heavy atom. The normalized spacial score (nSPS) is 15.1. The third-order valence-electron chi connectivity index (χ3n) is 2.12. The molecule has 1 aliphatic rings. The highest BCUT2D eigenvalue weighted by atomic mass is 16.6. The molecular weight excluding hydrogens is 206 g/mol. The van der Waals surface area contributed by atoms with Crippen molar-refractivity contribution in [3.63, 3.8) is 0 Å². The second kappa shape index (κ2) is 4.61. The molecule has 1 heterocycles. The van der Waals surface area contributed by atoms with Crippen molar-refractivity contribution in [2.75, 3.05) is 13.7 Å². The molecule has 0 saturated carbocycles. The van der Waals surface area contributed by atoms with E-state index in [1.807, 2.05) is 30.3 Å². The van der Waals surface area contributed by atoms with Crippen molar-refractivity contribution in [1.82, 2.24) is 0 Å². The second-order valence-corrected chi connectivity index (χ2v) is 3.24. The van der Waals surface area contributed by atoms with Gasteiger partial charge in [0.1, 0.15) is 12.3 Å². The van der Waals surface area contributed by atoms with E-state index in [4.69, 9.17) is 9.47 Å². The molecule has 0 fully saturated rings. The van der Waals surface area contributed by atoms with Crippen molar-refractivity contribution < 1.29 is 14.3 Å². The monoisotopic (exact) mass is 217 g/mol. The lowest BCUT2D eigenvalue weighted by Gasteiger charge is -1.98. The van der Waals surface area contributed by atoms with Crippen LogP contribution in [0.1, 0.15) is 5.56 Å². The van der Waals surface area contributed by atoms with Crippen molar-refractivity contribution in [1.29, 1.82) is 0 Å². The fourth-order valence-electron chi connectivity index (χ4n) is 1.29. The molecule has 0 aliphatic carbocycles. The van der Waals surface area contributed by atoms with Gasteiger partial charge in [-0.3, -0.25) is 0 Å². The minimum absolute atomic E-state index is 0.113. The minimum atomic E-state index is -0.311. The Labute approximate surface area is 93.2 Å². The summed E-state index contributed by atoms with van der Waals surface area (Å²) < 4.78 is 9.87. The number of carbonyl (C=O) groups is 1. The number of esters is 1. The molecule has 2 rings (SSSR count). The maximum absolute atomic E-state index is 10.8. The molecule has 16 heavy (non-hydrogen) atoms. The highest BCUT2D eigenvalue weighted by Crippen LogP contribution is 2.12. The third-order valence-corrected chi connectivity index (χ3v) is 2.12. The fraction of sp³-hybridized carbons (Fsp3) is 0.167. The van der Waals surface area contributed by atoms with Crippen LogP contribution in [0, 0.1) is 0 Å². The smallest absolute Gasteiger partial charge is 0.334 e. The van der Waals surface area contributed by atoms with Gasteiger partial charge in [-0.2, -0.15) is 0 Å². The summed E-state index contributed by atoms with van der Waals surface area (Å²) in [4.78, 5) is 14.7. The van der Waals surface area contributed by atoms with E-state index in [0.717, 1.165) is 11.3 Å². The first-order valence-electron chi connectivity index (χ1n) is 4.85. The van der Waals surface area contributed by atoms with Crippen LogP contribution < -0.4 is 4.74 Å². The van der Waals surface area contributed by atoms with E-state index in [2.05, 4.69) is 4.99 Å². The van der Waals surface area contributed by atoms with Gasteiger partial charge < -0.3 is 9.47 Å². The molecule has 0 unspecified atom stereocenters. The van der Waals surface area contributed by atoms with Crippen LogP contribution in [0.4, 0.5) is 0 Å². The van der Waals surface area contributed by atoms with Crippen LogP contribution in [0.3, 0.4) is 0 Å². The summed E-state index contributed by atoms with van der Waals surface area (Å²) in [5.41, 5.74) is 0.992. The lowest BCUT2D eigenvalue weighted by Crippen LogP contribution is -2.01. The van der Waals surface area contributed by atoms with Crippen LogP contribution in [-0.4, -0.2) is 25.5 Å². The summed E-state index contributed by atoms with van der Waals surface area (Å²) in [6.45, 7) is 0.113. The van der Waals surface area contributed by atoms with Crippen LogP contribution in [0.2, 0.25) is 0 Å². The fourth-order valence-corrected chi connectivity index (χ4v) is 1.29. The zero-order valence-corrected chi connectivity index (χ0v) is 8.84. The average Bonchev–Trinajstić information content (AvgIpc) is 2.73. The number of rotatable bonds is 3. The Kier molecular flexibility index (Phi) is 3.00. The summed E-state index contributed by atoms with van der Waals surface area (Å²) >= 11 is 0. The molecule has 0 bridgehead atoms. The van der Waals surface area contributed by atoms with Crippen LogP contribution in [0.5, 0.6) is 5.75 Å². The molecule has 1 aromatic rings. The molecule has 82 valence electrons. The molecule has 4 nitrogen and oxygen atoms in total. The van der Waals surface area contributed by atoms with E-state index in [1.165, 1.54) is 0 Å². The number of hydrogen-bond acceptors (Lipinski definition) is 4. The molecule has 0 aromatic heterocycles. The number of hydrogen-bond donors (Lipinski definition) is 0. The highest BCUT2D eigenvalue weighted by Gasteiger charge is 2.12. The molecule has 1 aromatic carbocycles. The Bertz CT molecular complexity index is 446. The topological polar surface area (TPSA) is 47.9 Å². The van der Waals surface area contributed by atoms with Crippen molar-refractivity contribution in [3.05, 3.63) is 35.9 Å². The van der Waals surface area contributed by atoms with E-state index < -0.39 is 0 Å². The predicted octanol–water partition coefficient (Wildman–Crippen LogP) is 1.66. The molecule has 0 amide bonds. The number of benzene rings is 1. The number of aliphatic imine (C=N–C) groups is 1. The number of ether oxygens (including phenoxy) is 2. The van der Waals surface area contributed by atoms with E-state index in [-0.39, 0.29) is 12.5 Å². The van der Waals surface area contributed by atoms with Crippen LogP contribution >= 0.6 is 0 Å². The van der Waals surface area contributed by atoms with E-state index in [0.29, 0.717) is 5.90 Å². The Balaban J connectivity index is 2.03. The standard InChI is InChI=1S/C12H11NO3/c1-15-10-5-2-9(3-6-10)4-7-11-13-8-12(14)16-11/h2-7H,8H2,1H3/b7-4+. The van der Waals surface area contributed by atoms with Crippen molar-refractivity contribution in [2.24, 2.45) is 4.99 Å². The molecule has 0 spiro atoms. The van der Waals surface area contributed by atoms with Crippen LogP contribution in [-0.2, 0) is 9.53 Å². The van der Waals surface area contributed by atoms with E-state index in [1.54, 1.807) is 13.2 Å². The first kappa shape index (κ1) is 10.4. The molecule has 4 heteroatoms. The predicted molar refractivity (Wildman–Crippen MR) is 60.4 cm³/mol. The van der Waals surface area contributed by atoms with Gasteiger partial charge in [0, 0.05) is 6.08 Å². The zero-order valence-electron chi connectivity index (χ0n) is 8.84. The Morgan fingerprint density at radius 1 is 1.31 bits per heavy atom. The van der Waals surface area contributed by atoms with Crippen molar-refractivity contribution in [3.8, 4) is 5.75 Å². The van der Waals surface area contributed by atoms with E-state index >= 15 is 0 Å². The average molecular weight is 217 g/mol. The summed E-state index contributed by atoms with van der Waals surface area (Å²) in [5.74, 6) is 0.858. The van der Waals surface area contributed by atoms with E-state index in [9.17, 15) is 4.79 Å². The molecule has 0 radical (unpaired) electrons. The van der Waals surface area contributed by atoms with Gasteiger partial charge in [0.05, 0.1) is 7.11 Å². The van der Waals surface area contributed by atoms with Crippen molar-refractivity contribution >= 4 is 17.9 Å². The quantitative estimate of drug-likeness (QED) is 0.723. The number of nitrogens with zero attached hydrogens (tertiary/aromatic N) is 1. The largest absolute Gasteiger partial charge is 0.497 e. The van der Waals surface area contributed by atoms with Crippen LogP contribution in [0.25, 0.3) is 6.08 Å². The first-order chi connectivity index (χ1) is 7.78. The summed E-state index contributed by atoms with van der Waals surface area (Å²) in [5, 5.41) is 0. The maximum Gasteiger partial charge on any atom is 0.334 e. The Morgan fingerprint density at radius 2 is 2.06 bits per heavy atom. The third kappa shape index (κ3) is 2.48. The number of carbonyl (C=O) groups excluding carboxylic acids is 1. The molecule has 1 aliphatic heterocycles. The summed E-state index contributed by atoms with van der Waals surface area (Å²) in [6, 6.07) is 7.55. The minimum Gasteiger partial charge on any atom is -0.497 e. The maximum atomic E-state index is 10.8. The van der Waals surface area contributed by atoms with Crippen molar-refractivity contribution in [2.45, 2.75) is 0 Å². The highest BCUT2D eigenvalue weighted by molar-refractivity contribution is 6.03. The van der Waals surface area contributed by atoms with Gasteiger partial charge in [-0.05, 0) is 23.8 Å². The number of cyclic esters (lactones) is 1.